The Balaban J connectivity index is 3.29. The quantitative estimate of drug-likeness (QED) is 0.530. The van der Waals surface area contributed by atoms with Gasteiger partial charge in [-0.3, -0.25) is 0 Å². The molecule has 4 heteroatoms. The minimum atomic E-state index is -0.157. The van der Waals surface area contributed by atoms with Gasteiger partial charge in [-0.2, -0.15) is 0 Å². The number of aromatic nitrogens is 1. The minimum Gasteiger partial charge on any atom is -0.391 e. The highest BCUT2D eigenvalue weighted by atomic mass is 32.2. The highest BCUT2D eigenvalue weighted by Gasteiger charge is 2.15. The van der Waals surface area contributed by atoms with Crippen LogP contribution in [-0.4, -0.2) is 4.37 Å². The third-order valence-corrected chi connectivity index (χ3v) is 2.65. The molecular weight excluding hydrogens is 134 g/mol. The van der Waals surface area contributed by atoms with E-state index in [0.717, 1.165) is 10.7 Å². The fourth-order valence-electron chi connectivity index (χ4n) is 0.641. The van der Waals surface area contributed by atoms with E-state index < -0.39 is 0 Å². The molecule has 0 aliphatic rings. The fraction of sp³-hybridized carbons (Fsp3) is 0.400. The predicted molar refractivity (Wildman–Crippen MR) is 41.3 cm³/mol. The van der Waals surface area contributed by atoms with Crippen molar-refractivity contribution in [3.05, 3.63) is 5.69 Å². The highest BCUT2D eigenvalue weighted by Crippen LogP contribution is 2.30. The maximum atomic E-state index is 5.56. The Hall–Kier alpha value is -0.770. The van der Waals surface area contributed by atoms with Crippen molar-refractivity contribution in [3.63, 3.8) is 0 Å². The molecule has 0 aliphatic heterocycles. The Labute approximate surface area is 56.8 Å². The SMILES string of the molecule is Cc1n[s+](C)c(N)c1N. The predicted octanol–water partition coefficient (Wildman–Crippen LogP) is 0.841. The Kier molecular flexibility index (Phi) is 1.32. The summed E-state index contributed by atoms with van der Waals surface area (Å²) < 4.78 is 4.17. The zero-order valence-corrected chi connectivity index (χ0v) is 6.33. The van der Waals surface area contributed by atoms with E-state index in [-0.39, 0.29) is 10.7 Å². The lowest BCUT2D eigenvalue weighted by Crippen LogP contribution is -1.90. The number of nitrogen functional groups attached to an aromatic ring is 2. The van der Waals surface area contributed by atoms with Crippen molar-refractivity contribution >= 4 is 21.4 Å². The van der Waals surface area contributed by atoms with Crippen LogP contribution in [0.4, 0.5) is 10.7 Å². The van der Waals surface area contributed by atoms with Crippen molar-refractivity contribution in [1.82, 2.24) is 4.37 Å². The van der Waals surface area contributed by atoms with Crippen molar-refractivity contribution in [2.24, 2.45) is 6.26 Å². The maximum absolute atomic E-state index is 5.56. The molecule has 0 spiro atoms. The van der Waals surface area contributed by atoms with Gasteiger partial charge in [-0.25, -0.2) is 0 Å². The molecule has 0 bridgehead atoms. The Bertz CT molecular complexity index is 206. The van der Waals surface area contributed by atoms with Gasteiger partial charge in [0.05, 0.1) is 0 Å². The van der Waals surface area contributed by atoms with E-state index in [1.165, 1.54) is 0 Å². The molecule has 1 aromatic rings. The van der Waals surface area contributed by atoms with Gasteiger partial charge in [0.25, 0.3) is 5.00 Å². The molecule has 1 heterocycles. The van der Waals surface area contributed by atoms with Crippen molar-refractivity contribution in [3.8, 4) is 0 Å². The molecule has 1 aromatic heterocycles. The number of nitrogens with zero attached hydrogens (tertiary/aromatic N) is 1. The molecule has 50 valence electrons. The molecule has 3 nitrogen and oxygen atoms in total. The second-order valence-electron chi connectivity index (χ2n) is 1.93. The van der Waals surface area contributed by atoms with E-state index in [2.05, 4.69) is 4.37 Å². The number of anilines is 2. The van der Waals surface area contributed by atoms with Gasteiger partial charge in [0.2, 0.25) is 0 Å². The summed E-state index contributed by atoms with van der Waals surface area (Å²) in [5, 5.41) is 0.729. The van der Waals surface area contributed by atoms with Crippen LogP contribution in [0, 0.1) is 6.92 Å². The van der Waals surface area contributed by atoms with E-state index in [4.69, 9.17) is 11.5 Å². The van der Waals surface area contributed by atoms with Crippen LogP contribution in [0.25, 0.3) is 0 Å². The first-order chi connectivity index (χ1) is 4.13. The summed E-state index contributed by atoms with van der Waals surface area (Å²) in [6.45, 7) is 1.87. The smallest absolute Gasteiger partial charge is 0.286 e. The van der Waals surface area contributed by atoms with E-state index in [1.54, 1.807) is 0 Å². The standard InChI is InChI=1S/C5H10N3S/c1-3-4(6)5(7)9(2)8-3/h6-7H2,1-2H3/q+1. The zero-order chi connectivity index (χ0) is 7.02. The molecule has 1 unspecified atom stereocenters. The van der Waals surface area contributed by atoms with Gasteiger partial charge in [0.15, 0.2) is 0 Å². The monoisotopic (exact) mass is 144 g/mol. The summed E-state index contributed by atoms with van der Waals surface area (Å²) in [5.41, 5.74) is 12.6. The second kappa shape index (κ2) is 1.88. The molecule has 0 radical (unpaired) electrons. The Morgan fingerprint density at radius 2 is 2.00 bits per heavy atom. The summed E-state index contributed by atoms with van der Waals surface area (Å²) >= 11 is 0. The molecule has 0 aliphatic carbocycles. The lowest BCUT2D eigenvalue weighted by Gasteiger charge is -1.80. The Morgan fingerprint density at radius 1 is 1.44 bits per heavy atom. The molecule has 0 amide bonds. The van der Waals surface area contributed by atoms with Gasteiger partial charge >= 0.3 is 0 Å². The molecular formula is C5H10N3S+. The lowest BCUT2D eigenvalue weighted by molar-refractivity contribution is 1.34. The number of hydrogen-bond acceptors (Lipinski definition) is 3. The minimum absolute atomic E-state index is 0.157. The third-order valence-electron chi connectivity index (χ3n) is 1.25. The molecule has 1 rings (SSSR count). The van der Waals surface area contributed by atoms with Crippen molar-refractivity contribution in [2.75, 3.05) is 11.5 Å². The third kappa shape index (κ3) is 0.853. The van der Waals surface area contributed by atoms with Gasteiger partial charge in [-0.1, -0.05) is 0 Å². The van der Waals surface area contributed by atoms with E-state index in [9.17, 15) is 0 Å². The van der Waals surface area contributed by atoms with E-state index >= 15 is 0 Å². The van der Waals surface area contributed by atoms with Gasteiger partial charge < -0.3 is 11.5 Å². The van der Waals surface area contributed by atoms with Crippen LogP contribution in [0.5, 0.6) is 0 Å². The molecule has 9 heavy (non-hydrogen) atoms. The zero-order valence-electron chi connectivity index (χ0n) is 5.51. The van der Waals surface area contributed by atoms with Gasteiger partial charge in [-0.15, -0.1) is 0 Å². The topological polar surface area (TPSA) is 64.9 Å². The highest BCUT2D eigenvalue weighted by molar-refractivity contribution is 7.28. The second-order valence-corrected chi connectivity index (χ2v) is 3.51. The Morgan fingerprint density at radius 3 is 2.11 bits per heavy atom. The van der Waals surface area contributed by atoms with Crippen molar-refractivity contribution in [1.29, 1.82) is 0 Å². The van der Waals surface area contributed by atoms with Crippen LogP contribution in [0.3, 0.4) is 0 Å². The van der Waals surface area contributed by atoms with Gasteiger partial charge in [0, 0.05) is 0 Å². The summed E-state index contributed by atoms with van der Waals surface area (Å²) in [4.78, 5) is 0. The largest absolute Gasteiger partial charge is 0.391 e. The molecule has 0 saturated heterocycles. The van der Waals surface area contributed by atoms with Crippen LogP contribution in [-0.2, 0) is 6.26 Å². The number of hydrogen-bond donors (Lipinski definition) is 2. The van der Waals surface area contributed by atoms with E-state index in [0.29, 0.717) is 5.69 Å². The van der Waals surface area contributed by atoms with Crippen LogP contribution >= 0.6 is 10.7 Å². The fourth-order valence-corrected chi connectivity index (χ4v) is 1.71. The average molecular weight is 144 g/mol. The average Bonchev–Trinajstić information content (AvgIpc) is 1.98. The molecule has 0 saturated carbocycles. The number of rotatable bonds is 0. The first-order valence-corrected chi connectivity index (χ1v) is 4.19. The van der Waals surface area contributed by atoms with Crippen LogP contribution < -0.4 is 11.5 Å². The van der Waals surface area contributed by atoms with Crippen LogP contribution in [0.15, 0.2) is 0 Å². The number of nitrogens with two attached hydrogens (primary N) is 2. The van der Waals surface area contributed by atoms with Crippen LogP contribution in [0.2, 0.25) is 0 Å². The normalized spacial score (nSPS) is 12.0. The molecule has 1 atom stereocenters. The summed E-state index contributed by atoms with van der Waals surface area (Å²) in [6.07, 6.45) is 1.96. The summed E-state index contributed by atoms with van der Waals surface area (Å²) in [6, 6.07) is 0. The van der Waals surface area contributed by atoms with Gasteiger partial charge in [0.1, 0.15) is 28.3 Å². The summed E-state index contributed by atoms with van der Waals surface area (Å²) in [7, 11) is -0.157. The van der Waals surface area contributed by atoms with Gasteiger partial charge in [-0.05, 0) is 11.3 Å². The first-order valence-electron chi connectivity index (χ1n) is 2.60. The van der Waals surface area contributed by atoms with E-state index in [1.807, 2.05) is 13.2 Å². The van der Waals surface area contributed by atoms with Crippen molar-refractivity contribution < 1.29 is 0 Å². The lowest BCUT2D eigenvalue weighted by atomic mass is 10.4. The summed E-state index contributed by atoms with van der Waals surface area (Å²) in [5.74, 6) is 0. The molecule has 0 fully saturated rings. The molecule has 0 aromatic carbocycles. The van der Waals surface area contributed by atoms with Crippen molar-refractivity contribution in [2.45, 2.75) is 6.92 Å². The number of aryl methyl sites for hydroxylation is 2. The maximum Gasteiger partial charge on any atom is 0.286 e. The first kappa shape index (κ1) is 6.35. The molecule has 4 N–H and O–H groups in total. The van der Waals surface area contributed by atoms with Crippen LogP contribution in [0.1, 0.15) is 5.69 Å².